The second-order valence-corrected chi connectivity index (χ2v) is 4.09. The van der Waals surface area contributed by atoms with Gasteiger partial charge in [-0.05, 0) is 24.3 Å². The molecule has 0 saturated carbocycles. The number of benzene rings is 2. The highest BCUT2D eigenvalue weighted by Crippen LogP contribution is 2.34. The summed E-state index contributed by atoms with van der Waals surface area (Å²) in [6.07, 6.45) is 0. The van der Waals surface area contributed by atoms with Gasteiger partial charge >= 0.3 is 5.69 Å². The first kappa shape index (κ1) is 14.3. The number of amides is 1. The Kier molecular flexibility index (Phi) is 3.70. The van der Waals surface area contributed by atoms with Crippen molar-refractivity contribution in [2.45, 2.75) is 0 Å². The Morgan fingerprint density at radius 2 is 1.90 bits per heavy atom. The van der Waals surface area contributed by atoms with Crippen molar-refractivity contribution < 1.29 is 18.8 Å². The van der Waals surface area contributed by atoms with Crippen molar-refractivity contribution in [3.8, 4) is 11.5 Å². The highest BCUT2D eigenvalue weighted by Gasteiger charge is 2.19. The Morgan fingerprint density at radius 3 is 2.52 bits per heavy atom. The molecule has 0 radical (unpaired) electrons. The van der Waals surface area contributed by atoms with Crippen LogP contribution in [0.15, 0.2) is 36.4 Å². The van der Waals surface area contributed by atoms with Gasteiger partial charge in [-0.25, -0.2) is 4.39 Å². The highest BCUT2D eigenvalue weighted by molar-refractivity contribution is 5.93. The SMILES string of the molecule is NC(=O)c1ccc(Oc2cc(F)ccc2N)c([N+](=O)[O-])c1. The number of nitrogen functional groups attached to an aromatic ring is 1. The molecule has 2 aromatic rings. The Labute approximate surface area is 118 Å². The van der Waals surface area contributed by atoms with Crippen LogP contribution in [0.25, 0.3) is 0 Å². The summed E-state index contributed by atoms with van der Waals surface area (Å²) in [5.41, 5.74) is 10.3. The number of nitrogens with two attached hydrogens (primary N) is 2. The van der Waals surface area contributed by atoms with E-state index >= 15 is 0 Å². The number of nitrogens with zero attached hydrogens (tertiary/aromatic N) is 1. The summed E-state index contributed by atoms with van der Waals surface area (Å²) < 4.78 is 18.4. The number of hydrogen-bond donors (Lipinski definition) is 2. The third-order valence-corrected chi connectivity index (χ3v) is 2.64. The van der Waals surface area contributed by atoms with Gasteiger partial charge in [0.15, 0.2) is 5.75 Å². The standard InChI is InChI=1S/C13H10FN3O4/c14-8-2-3-9(15)12(6-8)21-11-4-1-7(13(16)18)5-10(11)17(19)20/h1-6H,15H2,(H2,16,18). The normalized spacial score (nSPS) is 10.1. The molecule has 0 aliphatic heterocycles. The number of hydrogen-bond acceptors (Lipinski definition) is 5. The minimum atomic E-state index is -0.810. The summed E-state index contributed by atoms with van der Waals surface area (Å²) in [5.74, 6) is -1.65. The minimum Gasteiger partial charge on any atom is -0.448 e. The topological polar surface area (TPSA) is 121 Å². The lowest BCUT2D eigenvalue weighted by Crippen LogP contribution is -2.11. The Hall–Kier alpha value is -3.16. The number of nitro groups is 1. The summed E-state index contributed by atoms with van der Waals surface area (Å²) in [7, 11) is 0. The molecular formula is C13H10FN3O4. The van der Waals surface area contributed by atoms with Crippen LogP contribution in [-0.4, -0.2) is 10.8 Å². The van der Waals surface area contributed by atoms with E-state index in [1.165, 1.54) is 18.2 Å². The lowest BCUT2D eigenvalue weighted by Gasteiger charge is -2.09. The van der Waals surface area contributed by atoms with E-state index in [1.807, 2.05) is 0 Å². The van der Waals surface area contributed by atoms with Crippen molar-refractivity contribution in [3.63, 3.8) is 0 Å². The molecule has 108 valence electrons. The summed E-state index contributed by atoms with van der Waals surface area (Å²) in [6.45, 7) is 0. The predicted octanol–water partition coefficient (Wildman–Crippen LogP) is 2.21. The van der Waals surface area contributed by atoms with Crippen molar-refractivity contribution in [3.05, 3.63) is 57.9 Å². The third-order valence-electron chi connectivity index (χ3n) is 2.64. The van der Waals surface area contributed by atoms with E-state index < -0.39 is 22.3 Å². The molecule has 0 heterocycles. The minimum absolute atomic E-state index is 0.0405. The van der Waals surface area contributed by atoms with Crippen molar-refractivity contribution in [2.24, 2.45) is 5.73 Å². The summed E-state index contributed by atoms with van der Waals surface area (Å²) in [5, 5.41) is 11.0. The number of carbonyl (C=O) groups excluding carboxylic acids is 1. The van der Waals surface area contributed by atoms with Gasteiger partial charge in [-0.15, -0.1) is 0 Å². The van der Waals surface area contributed by atoms with Crippen LogP contribution in [0.1, 0.15) is 10.4 Å². The fourth-order valence-corrected chi connectivity index (χ4v) is 1.61. The lowest BCUT2D eigenvalue weighted by atomic mass is 10.2. The van der Waals surface area contributed by atoms with Crippen LogP contribution in [0, 0.1) is 15.9 Å². The number of nitro benzene ring substituents is 1. The molecule has 0 atom stereocenters. The molecule has 0 aromatic heterocycles. The van der Waals surface area contributed by atoms with Crippen LogP contribution >= 0.6 is 0 Å². The average Bonchev–Trinajstić information content (AvgIpc) is 2.42. The summed E-state index contributed by atoms with van der Waals surface area (Å²) in [6, 6.07) is 6.85. The second-order valence-electron chi connectivity index (χ2n) is 4.09. The average molecular weight is 291 g/mol. The zero-order chi connectivity index (χ0) is 15.6. The van der Waals surface area contributed by atoms with E-state index in [0.29, 0.717) is 0 Å². The first-order valence-electron chi connectivity index (χ1n) is 5.69. The van der Waals surface area contributed by atoms with Gasteiger partial charge in [-0.1, -0.05) is 0 Å². The number of primary amides is 1. The van der Waals surface area contributed by atoms with Crippen molar-refractivity contribution in [2.75, 3.05) is 5.73 Å². The van der Waals surface area contributed by atoms with Crippen molar-refractivity contribution in [1.29, 1.82) is 0 Å². The number of ether oxygens (including phenoxy) is 1. The first-order valence-corrected chi connectivity index (χ1v) is 5.69. The first-order chi connectivity index (χ1) is 9.88. The zero-order valence-corrected chi connectivity index (χ0v) is 10.6. The van der Waals surface area contributed by atoms with Gasteiger partial charge in [-0.2, -0.15) is 0 Å². The molecule has 0 aliphatic rings. The molecular weight excluding hydrogens is 281 g/mol. The molecule has 4 N–H and O–H groups in total. The van der Waals surface area contributed by atoms with Gasteiger partial charge in [0, 0.05) is 17.7 Å². The molecule has 1 amide bonds. The maximum Gasteiger partial charge on any atom is 0.312 e. The largest absolute Gasteiger partial charge is 0.448 e. The zero-order valence-electron chi connectivity index (χ0n) is 10.6. The quantitative estimate of drug-likeness (QED) is 0.508. The molecule has 0 bridgehead atoms. The molecule has 0 unspecified atom stereocenters. The fourth-order valence-electron chi connectivity index (χ4n) is 1.61. The smallest absolute Gasteiger partial charge is 0.312 e. The number of carbonyl (C=O) groups is 1. The molecule has 0 spiro atoms. The number of halogens is 1. The van der Waals surface area contributed by atoms with Gasteiger partial charge in [0.25, 0.3) is 0 Å². The van der Waals surface area contributed by atoms with Gasteiger partial charge in [0.05, 0.1) is 10.6 Å². The number of anilines is 1. The van der Waals surface area contributed by atoms with Crippen molar-refractivity contribution in [1.82, 2.24) is 0 Å². The van der Waals surface area contributed by atoms with Gasteiger partial charge in [0.2, 0.25) is 11.7 Å². The molecule has 0 fully saturated rings. The van der Waals surface area contributed by atoms with Crippen LogP contribution in [0.5, 0.6) is 11.5 Å². The third kappa shape index (κ3) is 3.06. The van der Waals surface area contributed by atoms with Crippen LogP contribution in [0.4, 0.5) is 15.8 Å². The van der Waals surface area contributed by atoms with Gasteiger partial charge < -0.3 is 16.2 Å². The van der Waals surface area contributed by atoms with Crippen molar-refractivity contribution >= 4 is 17.3 Å². The Bertz CT molecular complexity index is 733. The lowest BCUT2D eigenvalue weighted by molar-refractivity contribution is -0.385. The van der Waals surface area contributed by atoms with Crippen LogP contribution in [0.2, 0.25) is 0 Å². The maximum atomic E-state index is 13.1. The van der Waals surface area contributed by atoms with Crippen LogP contribution in [-0.2, 0) is 0 Å². The fraction of sp³-hybridized carbons (Fsp3) is 0. The van der Waals surface area contributed by atoms with Gasteiger partial charge in [-0.3, -0.25) is 14.9 Å². The molecule has 7 nitrogen and oxygen atoms in total. The summed E-state index contributed by atoms with van der Waals surface area (Å²) >= 11 is 0. The van der Waals surface area contributed by atoms with E-state index in [1.54, 1.807) is 0 Å². The molecule has 21 heavy (non-hydrogen) atoms. The van der Waals surface area contributed by atoms with E-state index in [2.05, 4.69) is 0 Å². The number of rotatable bonds is 4. The Balaban J connectivity index is 2.46. The Morgan fingerprint density at radius 1 is 1.19 bits per heavy atom. The predicted molar refractivity (Wildman–Crippen MR) is 72.5 cm³/mol. The maximum absolute atomic E-state index is 13.1. The molecule has 2 rings (SSSR count). The highest BCUT2D eigenvalue weighted by atomic mass is 19.1. The van der Waals surface area contributed by atoms with Crippen LogP contribution in [0.3, 0.4) is 0 Å². The van der Waals surface area contributed by atoms with E-state index in [0.717, 1.165) is 18.2 Å². The molecule has 8 heteroatoms. The van der Waals surface area contributed by atoms with Gasteiger partial charge in [0.1, 0.15) is 5.82 Å². The molecule has 2 aromatic carbocycles. The molecule has 0 saturated heterocycles. The molecule has 0 aliphatic carbocycles. The second kappa shape index (κ2) is 5.45. The van der Waals surface area contributed by atoms with Crippen LogP contribution < -0.4 is 16.2 Å². The van der Waals surface area contributed by atoms with E-state index in [9.17, 15) is 19.3 Å². The van der Waals surface area contributed by atoms with E-state index in [4.69, 9.17) is 16.2 Å². The van der Waals surface area contributed by atoms with E-state index in [-0.39, 0.29) is 22.7 Å². The monoisotopic (exact) mass is 291 g/mol. The summed E-state index contributed by atoms with van der Waals surface area (Å²) in [4.78, 5) is 21.3.